The third-order valence-electron chi connectivity index (χ3n) is 5.16. The molecule has 1 aliphatic rings. The van der Waals surface area contributed by atoms with E-state index < -0.39 is 0 Å². The zero-order chi connectivity index (χ0) is 22.2. The Balaban J connectivity index is 0.00000363. The van der Waals surface area contributed by atoms with Gasteiger partial charge in [0.25, 0.3) is 0 Å². The molecule has 0 saturated carbocycles. The first-order valence-electron chi connectivity index (χ1n) is 10.6. The van der Waals surface area contributed by atoms with E-state index in [1.54, 1.807) is 7.05 Å². The molecule has 7 nitrogen and oxygen atoms in total. The number of benzene rings is 2. The second-order valence-electron chi connectivity index (χ2n) is 7.70. The number of halogens is 1. The number of morpholine rings is 1. The van der Waals surface area contributed by atoms with Crippen molar-refractivity contribution in [3.05, 3.63) is 59.2 Å². The number of carbonyl (C=O) groups is 1. The summed E-state index contributed by atoms with van der Waals surface area (Å²) in [5.41, 5.74) is 4.46. The Hall–Kier alpha value is -2.33. The van der Waals surface area contributed by atoms with Gasteiger partial charge < -0.3 is 25.0 Å². The van der Waals surface area contributed by atoms with Gasteiger partial charge in [-0.25, -0.2) is 0 Å². The molecular formula is C24H33IN4O3. The molecule has 3 rings (SSSR count). The standard InChI is InChI=1S/C24H32N4O3.HI/c1-17-8-9-22(18(2)14-17)23-16-28(11-13-31-23)24(25-4)26-10-12-30-21-7-5-6-20(15-21)27-19(3)29;/h5-9,14-15,23H,10-13,16H2,1-4H3,(H,25,26)(H,27,29);1H. The van der Waals surface area contributed by atoms with E-state index in [0.29, 0.717) is 25.5 Å². The van der Waals surface area contributed by atoms with E-state index >= 15 is 0 Å². The molecule has 2 aromatic carbocycles. The molecule has 1 atom stereocenters. The van der Waals surface area contributed by atoms with Crippen LogP contribution in [0.1, 0.15) is 29.7 Å². The Kier molecular flexibility index (Phi) is 10.2. The maximum Gasteiger partial charge on any atom is 0.221 e. The van der Waals surface area contributed by atoms with Crippen molar-refractivity contribution in [1.29, 1.82) is 0 Å². The normalized spacial score (nSPS) is 16.2. The molecule has 0 bridgehead atoms. The van der Waals surface area contributed by atoms with E-state index in [1.807, 2.05) is 24.3 Å². The number of amides is 1. The van der Waals surface area contributed by atoms with Gasteiger partial charge in [0.15, 0.2) is 5.96 Å². The second kappa shape index (κ2) is 12.6. The van der Waals surface area contributed by atoms with E-state index in [4.69, 9.17) is 9.47 Å². The van der Waals surface area contributed by atoms with Crippen LogP contribution in [0, 0.1) is 13.8 Å². The maximum absolute atomic E-state index is 11.2. The highest BCUT2D eigenvalue weighted by Crippen LogP contribution is 2.26. The lowest BCUT2D eigenvalue weighted by Gasteiger charge is -2.35. The SMILES string of the molecule is CN=C(NCCOc1cccc(NC(C)=O)c1)N1CCOC(c2ccc(C)cc2C)C1.I. The molecule has 2 N–H and O–H groups in total. The van der Waals surface area contributed by atoms with Crippen LogP contribution < -0.4 is 15.4 Å². The van der Waals surface area contributed by atoms with Gasteiger partial charge in [0.2, 0.25) is 5.91 Å². The lowest BCUT2D eigenvalue weighted by atomic mass is 10.00. The van der Waals surface area contributed by atoms with Gasteiger partial charge in [-0.15, -0.1) is 24.0 Å². The maximum atomic E-state index is 11.2. The number of guanidine groups is 1. The minimum Gasteiger partial charge on any atom is -0.492 e. The van der Waals surface area contributed by atoms with E-state index in [-0.39, 0.29) is 36.0 Å². The summed E-state index contributed by atoms with van der Waals surface area (Å²) in [6, 6.07) is 13.9. The van der Waals surface area contributed by atoms with Gasteiger partial charge in [-0.2, -0.15) is 0 Å². The van der Waals surface area contributed by atoms with E-state index in [0.717, 1.165) is 24.7 Å². The Labute approximate surface area is 207 Å². The molecule has 1 aliphatic heterocycles. The number of ether oxygens (including phenoxy) is 2. The zero-order valence-electron chi connectivity index (χ0n) is 19.2. The van der Waals surface area contributed by atoms with Crippen LogP contribution in [0.5, 0.6) is 5.75 Å². The number of anilines is 1. The van der Waals surface area contributed by atoms with Crippen LogP contribution in [0.3, 0.4) is 0 Å². The highest BCUT2D eigenvalue weighted by molar-refractivity contribution is 14.0. The molecule has 0 aliphatic carbocycles. The smallest absolute Gasteiger partial charge is 0.221 e. The van der Waals surface area contributed by atoms with Crippen LogP contribution in [0.25, 0.3) is 0 Å². The fourth-order valence-electron chi connectivity index (χ4n) is 3.75. The molecule has 1 amide bonds. The van der Waals surface area contributed by atoms with Gasteiger partial charge in [-0.05, 0) is 37.1 Å². The first kappa shape index (κ1) is 25.9. The van der Waals surface area contributed by atoms with E-state index in [9.17, 15) is 4.79 Å². The predicted molar refractivity (Wildman–Crippen MR) is 139 cm³/mol. The third-order valence-corrected chi connectivity index (χ3v) is 5.16. The van der Waals surface area contributed by atoms with E-state index in [1.165, 1.54) is 23.6 Å². The number of aliphatic imine (C=N–C) groups is 1. The van der Waals surface area contributed by atoms with Crippen molar-refractivity contribution < 1.29 is 14.3 Å². The molecular weight excluding hydrogens is 519 g/mol. The van der Waals surface area contributed by atoms with Crippen molar-refractivity contribution in [3.63, 3.8) is 0 Å². The number of aryl methyl sites for hydroxylation is 2. The monoisotopic (exact) mass is 552 g/mol. The molecule has 1 saturated heterocycles. The predicted octanol–water partition coefficient (Wildman–Crippen LogP) is 3.91. The Bertz CT molecular complexity index is 935. The highest BCUT2D eigenvalue weighted by Gasteiger charge is 2.25. The summed E-state index contributed by atoms with van der Waals surface area (Å²) in [7, 11) is 1.79. The summed E-state index contributed by atoms with van der Waals surface area (Å²) in [6.07, 6.45) is 0.0284. The average Bonchev–Trinajstić information content (AvgIpc) is 2.74. The molecule has 32 heavy (non-hydrogen) atoms. The van der Waals surface area contributed by atoms with Crippen molar-refractivity contribution in [2.75, 3.05) is 45.2 Å². The Morgan fingerprint density at radius 3 is 2.78 bits per heavy atom. The van der Waals surface area contributed by atoms with Gasteiger partial charge in [0.1, 0.15) is 18.5 Å². The molecule has 1 heterocycles. The Morgan fingerprint density at radius 2 is 2.06 bits per heavy atom. The van der Waals surface area contributed by atoms with Crippen LogP contribution in [-0.2, 0) is 9.53 Å². The minimum atomic E-state index is -0.104. The summed E-state index contributed by atoms with van der Waals surface area (Å²) in [5, 5.41) is 6.14. The van der Waals surface area contributed by atoms with Crippen LogP contribution in [-0.4, -0.2) is 56.7 Å². The highest BCUT2D eigenvalue weighted by atomic mass is 127. The molecule has 174 valence electrons. The summed E-state index contributed by atoms with van der Waals surface area (Å²) in [5.74, 6) is 1.45. The van der Waals surface area contributed by atoms with Crippen molar-refractivity contribution in [3.8, 4) is 5.75 Å². The van der Waals surface area contributed by atoms with Gasteiger partial charge in [0, 0.05) is 32.3 Å². The largest absolute Gasteiger partial charge is 0.492 e. The van der Waals surface area contributed by atoms with Crippen LogP contribution in [0.4, 0.5) is 5.69 Å². The van der Waals surface area contributed by atoms with Crippen LogP contribution in [0.15, 0.2) is 47.5 Å². The molecule has 0 radical (unpaired) electrons. The lowest BCUT2D eigenvalue weighted by Crippen LogP contribution is -2.49. The molecule has 8 heteroatoms. The van der Waals surface area contributed by atoms with Crippen molar-refractivity contribution >= 4 is 41.5 Å². The first-order chi connectivity index (χ1) is 15.0. The first-order valence-corrected chi connectivity index (χ1v) is 10.6. The molecule has 2 aromatic rings. The van der Waals surface area contributed by atoms with Gasteiger partial charge in [-0.3, -0.25) is 9.79 Å². The van der Waals surface area contributed by atoms with Gasteiger partial charge in [0.05, 0.1) is 19.7 Å². The molecule has 0 aromatic heterocycles. The van der Waals surface area contributed by atoms with E-state index in [2.05, 4.69) is 52.6 Å². The second-order valence-corrected chi connectivity index (χ2v) is 7.70. The lowest BCUT2D eigenvalue weighted by molar-refractivity contribution is -0.114. The number of rotatable bonds is 6. The summed E-state index contributed by atoms with van der Waals surface area (Å²) < 4.78 is 11.9. The zero-order valence-corrected chi connectivity index (χ0v) is 21.5. The van der Waals surface area contributed by atoms with Gasteiger partial charge in [-0.1, -0.05) is 29.8 Å². The topological polar surface area (TPSA) is 75.2 Å². The number of hydrogen-bond donors (Lipinski definition) is 2. The average molecular weight is 552 g/mol. The molecule has 1 unspecified atom stereocenters. The summed E-state index contributed by atoms with van der Waals surface area (Å²) >= 11 is 0. The number of nitrogens with zero attached hydrogens (tertiary/aromatic N) is 2. The fourth-order valence-corrected chi connectivity index (χ4v) is 3.75. The van der Waals surface area contributed by atoms with Gasteiger partial charge >= 0.3 is 0 Å². The number of nitrogens with one attached hydrogen (secondary N) is 2. The minimum absolute atomic E-state index is 0. The van der Waals surface area contributed by atoms with Crippen molar-refractivity contribution in [2.24, 2.45) is 4.99 Å². The molecule has 1 fully saturated rings. The van der Waals surface area contributed by atoms with Crippen LogP contribution in [0.2, 0.25) is 0 Å². The molecule has 0 spiro atoms. The number of carbonyl (C=O) groups excluding carboxylic acids is 1. The van der Waals surface area contributed by atoms with Crippen LogP contribution >= 0.6 is 24.0 Å². The quantitative estimate of drug-likeness (QED) is 0.246. The third kappa shape index (κ3) is 7.37. The fraction of sp³-hybridized carbons (Fsp3) is 0.417. The Morgan fingerprint density at radius 1 is 1.25 bits per heavy atom. The summed E-state index contributed by atoms with van der Waals surface area (Å²) in [4.78, 5) is 17.9. The van der Waals surface area contributed by atoms with Crippen molar-refractivity contribution in [1.82, 2.24) is 10.2 Å². The summed E-state index contributed by atoms with van der Waals surface area (Å²) in [6.45, 7) is 9.02. The number of hydrogen-bond acceptors (Lipinski definition) is 4. The van der Waals surface area contributed by atoms with Crippen molar-refractivity contribution in [2.45, 2.75) is 26.9 Å².